The molecule has 0 aromatic rings. The molecule has 0 radical (unpaired) electrons. The molecular formula is C6H20N4. The van der Waals surface area contributed by atoms with Crippen LogP contribution in [0.1, 0.15) is 25.7 Å². The Labute approximate surface area is 62.5 Å². The van der Waals surface area contributed by atoms with Gasteiger partial charge in [0.2, 0.25) is 0 Å². The fourth-order valence-electron chi connectivity index (χ4n) is 1.19. The van der Waals surface area contributed by atoms with Gasteiger partial charge in [0.25, 0.3) is 0 Å². The quantitative estimate of drug-likeness (QED) is 0.400. The maximum atomic E-state index is 5.65. The van der Waals surface area contributed by atoms with Crippen molar-refractivity contribution in [2.45, 2.75) is 37.8 Å². The Kier molecular flexibility index (Phi) is 7.02. The van der Waals surface area contributed by atoms with Gasteiger partial charge in [0.05, 0.1) is 0 Å². The average molecular weight is 148 g/mol. The minimum absolute atomic E-state index is 0. The minimum Gasteiger partial charge on any atom is -0.344 e. The number of hydrogen-bond acceptors (Lipinski definition) is 4. The predicted molar refractivity (Wildman–Crippen MR) is 44.5 cm³/mol. The highest BCUT2D eigenvalue weighted by Gasteiger charge is 2.16. The summed E-state index contributed by atoms with van der Waals surface area (Å²) in [5.74, 6) is 0. The molecule has 0 amide bonds. The highest BCUT2D eigenvalue weighted by atomic mass is 14.8. The molecule has 0 spiro atoms. The largest absolute Gasteiger partial charge is 0.344 e. The van der Waals surface area contributed by atoms with E-state index in [1.807, 2.05) is 0 Å². The van der Waals surface area contributed by atoms with Gasteiger partial charge in [-0.2, -0.15) is 0 Å². The lowest BCUT2D eigenvalue weighted by atomic mass is 9.92. The van der Waals surface area contributed by atoms with E-state index in [4.69, 9.17) is 11.5 Å². The lowest BCUT2D eigenvalue weighted by Gasteiger charge is -2.24. The van der Waals surface area contributed by atoms with Gasteiger partial charge in [-0.25, -0.2) is 0 Å². The third-order valence-electron chi connectivity index (χ3n) is 1.87. The summed E-state index contributed by atoms with van der Waals surface area (Å²) in [5.41, 5.74) is 11.3. The van der Waals surface area contributed by atoms with Crippen LogP contribution in [0, 0.1) is 0 Å². The molecule has 1 aliphatic rings. The van der Waals surface area contributed by atoms with Crippen molar-refractivity contribution < 1.29 is 0 Å². The first kappa shape index (κ1) is 12.5. The summed E-state index contributed by atoms with van der Waals surface area (Å²) >= 11 is 0. The summed E-state index contributed by atoms with van der Waals surface area (Å²) in [5, 5.41) is 0. The molecule has 0 heterocycles. The van der Waals surface area contributed by atoms with E-state index in [1.54, 1.807) is 0 Å². The Bertz CT molecular complexity index is 66.1. The number of rotatable bonds is 0. The zero-order chi connectivity index (χ0) is 5.98. The van der Waals surface area contributed by atoms with E-state index in [0.29, 0.717) is 0 Å². The van der Waals surface area contributed by atoms with Gasteiger partial charge in [-0.15, -0.1) is 0 Å². The summed E-state index contributed by atoms with van der Waals surface area (Å²) < 4.78 is 0. The smallest absolute Gasteiger partial charge is 0.0192 e. The summed E-state index contributed by atoms with van der Waals surface area (Å²) in [7, 11) is 0. The Morgan fingerprint density at radius 2 is 1.10 bits per heavy atom. The Morgan fingerprint density at radius 1 is 0.800 bits per heavy atom. The third-order valence-corrected chi connectivity index (χ3v) is 1.87. The fraction of sp³-hybridized carbons (Fsp3) is 1.00. The van der Waals surface area contributed by atoms with Crippen LogP contribution >= 0.6 is 0 Å². The maximum absolute atomic E-state index is 5.65. The molecule has 2 unspecified atom stereocenters. The molecule has 1 aliphatic carbocycles. The van der Waals surface area contributed by atoms with Crippen molar-refractivity contribution in [3.63, 3.8) is 0 Å². The van der Waals surface area contributed by atoms with Crippen molar-refractivity contribution in [2.75, 3.05) is 0 Å². The molecule has 10 heavy (non-hydrogen) atoms. The van der Waals surface area contributed by atoms with Crippen molar-refractivity contribution in [3.8, 4) is 0 Å². The second kappa shape index (κ2) is 5.61. The van der Waals surface area contributed by atoms with Crippen molar-refractivity contribution in [1.82, 2.24) is 12.3 Å². The van der Waals surface area contributed by atoms with E-state index in [1.165, 1.54) is 12.8 Å². The van der Waals surface area contributed by atoms with E-state index in [0.717, 1.165) is 12.8 Å². The van der Waals surface area contributed by atoms with Crippen LogP contribution in [0.15, 0.2) is 0 Å². The first-order valence-corrected chi connectivity index (χ1v) is 3.32. The van der Waals surface area contributed by atoms with Crippen LogP contribution < -0.4 is 23.8 Å². The summed E-state index contributed by atoms with van der Waals surface area (Å²) in [6.45, 7) is 0. The van der Waals surface area contributed by atoms with E-state index in [9.17, 15) is 0 Å². The second-order valence-corrected chi connectivity index (χ2v) is 2.61. The first-order valence-electron chi connectivity index (χ1n) is 3.32. The van der Waals surface area contributed by atoms with Crippen molar-refractivity contribution in [2.24, 2.45) is 11.5 Å². The van der Waals surface area contributed by atoms with Crippen LogP contribution in [0.4, 0.5) is 0 Å². The zero-order valence-electron chi connectivity index (χ0n) is 6.55. The van der Waals surface area contributed by atoms with Gasteiger partial charge in [-0.05, 0) is 12.8 Å². The maximum Gasteiger partial charge on any atom is 0.0192 e. The lowest BCUT2D eigenvalue weighted by Crippen LogP contribution is -2.43. The van der Waals surface area contributed by atoms with Crippen LogP contribution in [-0.2, 0) is 0 Å². The minimum atomic E-state index is 0. The molecule has 1 saturated carbocycles. The van der Waals surface area contributed by atoms with Crippen LogP contribution in [-0.4, -0.2) is 12.1 Å². The molecular weight excluding hydrogens is 128 g/mol. The van der Waals surface area contributed by atoms with Gasteiger partial charge in [-0.1, -0.05) is 12.8 Å². The van der Waals surface area contributed by atoms with Crippen molar-refractivity contribution >= 4 is 0 Å². The Hall–Kier alpha value is -0.160. The molecule has 0 aromatic heterocycles. The summed E-state index contributed by atoms with van der Waals surface area (Å²) in [6, 6.07) is 0.562. The summed E-state index contributed by atoms with van der Waals surface area (Å²) in [6.07, 6.45) is 4.80. The van der Waals surface area contributed by atoms with Crippen LogP contribution in [0.3, 0.4) is 0 Å². The third kappa shape index (κ3) is 3.12. The fourth-order valence-corrected chi connectivity index (χ4v) is 1.19. The predicted octanol–water partition coefficient (Wildman–Crippen LogP) is 0.539. The van der Waals surface area contributed by atoms with Gasteiger partial charge in [0.15, 0.2) is 0 Å². The van der Waals surface area contributed by atoms with E-state index in [-0.39, 0.29) is 24.4 Å². The van der Waals surface area contributed by atoms with E-state index >= 15 is 0 Å². The van der Waals surface area contributed by atoms with Crippen LogP contribution in [0.25, 0.3) is 0 Å². The van der Waals surface area contributed by atoms with Gasteiger partial charge in [0.1, 0.15) is 0 Å². The number of nitrogens with two attached hydrogens (primary N) is 2. The van der Waals surface area contributed by atoms with Crippen LogP contribution in [0.2, 0.25) is 0 Å². The molecule has 10 N–H and O–H groups in total. The molecule has 1 rings (SSSR count). The molecule has 0 aromatic carbocycles. The average Bonchev–Trinajstić information content (AvgIpc) is 1.77. The lowest BCUT2D eigenvalue weighted by molar-refractivity contribution is 0.385. The SMILES string of the molecule is N.N.NC1CCCCC1N. The first-order chi connectivity index (χ1) is 3.80. The highest BCUT2D eigenvalue weighted by Crippen LogP contribution is 2.14. The molecule has 0 saturated heterocycles. The molecule has 1 fully saturated rings. The molecule has 4 heteroatoms. The highest BCUT2D eigenvalue weighted by molar-refractivity contribution is 4.79. The zero-order valence-corrected chi connectivity index (χ0v) is 6.55. The molecule has 4 nitrogen and oxygen atoms in total. The van der Waals surface area contributed by atoms with Gasteiger partial charge < -0.3 is 23.8 Å². The molecule has 0 bridgehead atoms. The molecule has 0 aliphatic heterocycles. The van der Waals surface area contributed by atoms with Crippen LogP contribution in [0.5, 0.6) is 0 Å². The molecule has 64 valence electrons. The topological polar surface area (TPSA) is 122 Å². The van der Waals surface area contributed by atoms with Gasteiger partial charge >= 0.3 is 0 Å². The molecule has 2 atom stereocenters. The number of hydrogen-bond donors (Lipinski definition) is 4. The van der Waals surface area contributed by atoms with Crippen molar-refractivity contribution in [1.29, 1.82) is 0 Å². The van der Waals surface area contributed by atoms with Crippen molar-refractivity contribution in [3.05, 3.63) is 0 Å². The monoisotopic (exact) mass is 148 g/mol. The Balaban J connectivity index is 0. The Morgan fingerprint density at radius 3 is 1.30 bits per heavy atom. The second-order valence-electron chi connectivity index (χ2n) is 2.61. The standard InChI is InChI=1S/C6H14N2.2H3N/c7-5-3-1-2-4-6(5)8;;/h5-6H,1-4,7-8H2;2*1H3. The summed E-state index contributed by atoms with van der Waals surface area (Å²) in [4.78, 5) is 0. The normalized spacial score (nSPS) is 31.8. The van der Waals surface area contributed by atoms with E-state index in [2.05, 4.69) is 0 Å². The van der Waals surface area contributed by atoms with Gasteiger partial charge in [0, 0.05) is 12.1 Å². The van der Waals surface area contributed by atoms with E-state index < -0.39 is 0 Å². The van der Waals surface area contributed by atoms with Gasteiger partial charge in [-0.3, -0.25) is 0 Å².